The second kappa shape index (κ2) is 4.70. The van der Waals surface area contributed by atoms with E-state index < -0.39 is 0 Å². The summed E-state index contributed by atoms with van der Waals surface area (Å²) >= 11 is 0. The van der Waals surface area contributed by atoms with E-state index in [-0.39, 0.29) is 0 Å². The van der Waals surface area contributed by atoms with Crippen LogP contribution in [0.3, 0.4) is 0 Å². The average molecular weight is 158 g/mol. The highest BCUT2D eigenvalue weighted by Gasteiger charge is 2.17. The third kappa shape index (κ3) is 2.77. The van der Waals surface area contributed by atoms with Crippen molar-refractivity contribution >= 4 is 0 Å². The lowest BCUT2D eigenvalue weighted by Crippen LogP contribution is -2.49. The predicted molar refractivity (Wildman–Crippen MR) is 45.8 cm³/mol. The number of methoxy groups -OCH3 is 1. The summed E-state index contributed by atoms with van der Waals surface area (Å²) in [5, 5.41) is 3.38. The Morgan fingerprint density at radius 2 is 2.45 bits per heavy atom. The van der Waals surface area contributed by atoms with Crippen LogP contribution < -0.4 is 5.32 Å². The number of ether oxygens (including phenoxy) is 1. The summed E-state index contributed by atoms with van der Waals surface area (Å²) in [7, 11) is 3.94. The van der Waals surface area contributed by atoms with Gasteiger partial charge in [0.25, 0.3) is 0 Å². The van der Waals surface area contributed by atoms with Crippen molar-refractivity contribution in [3.8, 4) is 0 Å². The highest BCUT2D eigenvalue weighted by molar-refractivity contribution is 4.76. The van der Waals surface area contributed by atoms with Crippen molar-refractivity contribution in [1.29, 1.82) is 0 Å². The molecule has 1 heterocycles. The standard InChI is InChI=1S/C8H18N2O/c1-10-5-4-9-7-8(10)3-6-11-2/h8-9H,3-7H2,1-2H3. The Labute approximate surface area is 68.7 Å². The van der Waals surface area contributed by atoms with Crippen molar-refractivity contribution in [2.45, 2.75) is 12.5 Å². The van der Waals surface area contributed by atoms with Gasteiger partial charge in [-0.25, -0.2) is 0 Å². The van der Waals surface area contributed by atoms with Crippen molar-refractivity contribution in [2.75, 3.05) is 40.4 Å². The first-order chi connectivity index (χ1) is 5.34. The summed E-state index contributed by atoms with van der Waals surface area (Å²) in [5.74, 6) is 0. The Kier molecular flexibility index (Phi) is 3.83. The van der Waals surface area contributed by atoms with E-state index in [9.17, 15) is 0 Å². The van der Waals surface area contributed by atoms with Crippen LogP contribution in [-0.2, 0) is 4.74 Å². The summed E-state index contributed by atoms with van der Waals surface area (Å²) < 4.78 is 5.04. The van der Waals surface area contributed by atoms with Gasteiger partial charge in [-0.05, 0) is 13.5 Å². The molecule has 1 aliphatic rings. The van der Waals surface area contributed by atoms with Gasteiger partial charge >= 0.3 is 0 Å². The average Bonchev–Trinajstić information content (AvgIpc) is 2.03. The zero-order valence-electron chi connectivity index (χ0n) is 7.47. The molecule has 0 aromatic rings. The summed E-state index contributed by atoms with van der Waals surface area (Å²) in [4.78, 5) is 2.40. The van der Waals surface area contributed by atoms with Gasteiger partial charge in [0.15, 0.2) is 0 Å². The summed E-state index contributed by atoms with van der Waals surface area (Å²) in [6.45, 7) is 4.27. The van der Waals surface area contributed by atoms with Gasteiger partial charge in [-0.3, -0.25) is 0 Å². The molecular formula is C8H18N2O. The Morgan fingerprint density at radius 1 is 1.64 bits per heavy atom. The van der Waals surface area contributed by atoms with E-state index in [0.29, 0.717) is 6.04 Å². The van der Waals surface area contributed by atoms with Crippen LogP contribution in [0.25, 0.3) is 0 Å². The van der Waals surface area contributed by atoms with Gasteiger partial charge in [0, 0.05) is 39.4 Å². The molecule has 0 spiro atoms. The molecule has 11 heavy (non-hydrogen) atoms. The summed E-state index contributed by atoms with van der Waals surface area (Å²) in [6.07, 6.45) is 1.14. The van der Waals surface area contributed by atoms with Crippen molar-refractivity contribution in [3.63, 3.8) is 0 Å². The van der Waals surface area contributed by atoms with Gasteiger partial charge < -0.3 is 15.0 Å². The molecule has 3 heteroatoms. The number of nitrogens with zero attached hydrogens (tertiary/aromatic N) is 1. The lowest BCUT2D eigenvalue weighted by atomic mass is 10.1. The number of hydrogen-bond donors (Lipinski definition) is 1. The van der Waals surface area contributed by atoms with E-state index in [1.165, 1.54) is 0 Å². The lowest BCUT2D eigenvalue weighted by molar-refractivity contribution is 0.131. The van der Waals surface area contributed by atoms with Crippen LogP contribution in [0.2, 0.25) is 0 Å². The molecule has 1 saturated heterocycles. The van der Waals surface area contributed by atoms with E-state index in [0.717, 1.165) is 32.7 Å². The molecule has 0 bridgehead atoms. The highest BCUT2D eigenvalue weighted by Crippen LogP contribution is 2.03. The SMILES string of the molecule is COCCC1CNCCN1C. The van der Waals surface area contributed by atoms with E-state index >= 15 is 0 Å². The van der Waals surface area contributed by atoms with E-state index in [1.54, 1.807) is 7.11 Å². The number of nitrogens with one attached hydrogen (secondary N) is 1. The fourth-order valence-corrected chi connectivity index (χ4v) is 1.44. The van der Waals surface area contributed by atoms with E-state index in [1.807, 2.05) is 0 Å². The Balaban J connectivity index is 2.18. The lowest BCUT2D eigenvalue weighted by Gasteiger charge is -2.32. The third-order valence-electron chi connectivity index (χ3n) is 2.30. The molecule has 1 fully saturated rings. The minimum absolute atomic E-state index is 0.670. The Hall–Kier alpha value is -0.120. The number of piperazine rings is 1. The number of rotatable bonds is 3. The maximum Gasteiger partial charge on any atom is 0.0477 e. The van der Waals surface area contributed by atoms with Gasteiger partial charge in [0.2, 0.25) is 0 Å². The zero-order valence-corrected chi connectivity index (χ0v) is 7.47. The zero-order chi connectivity index (χ0) is 8.10. The van der Waals surface area contributed by atoms with Crippen LogP contribution in [0, 0.1) is 0 Å². The first kappa shape index (κ1) is 8.97. The molecular weight excluding hydrogens is 140 g/mol. The van der Waals surface area contributed by atoms with Crippen LogP contribution >= 0.6 is 0 Å². The normalized spacial score (nSPS) is 27.3. The fourth-order valence-electron chi connectivity index (χ4n) is 1.44. The number of hydrogen-bond acceptors (Lipinski definition) is 3. The third-order valence-corrected chi connectivity index (χ3v) is 2.30. The van der Waals surface area contributed by atoms with Crippen LogP contribution in [0.1, 0.15) is 6.42 Å². The fraction of sp³-hybridized carbons (Fsp3) is 1.00. The molecule has 1 atom stereocenters. The molecule has 1 aliphatic heterocycles. The molecule has 0 radical (unpaired) electrons. The summed E-state index contributed by atoms with van der Waals surface area (Å²) in [6, 6.07) is 0.670. The first-order valence-electron chi connectivity index (χ1n) is 4.24. The molecule has 1 unspecified atom stereocenters. The molecule has 66 valence electrons. The Bertz CT molecular complexity index is 108. The number of likely N-dealkylation sites (N-methyl/N-ethyl adjacent to an activating group) is 1. The van der Waals surface area contributed by atoms with Crippen molar-refractivity contribution in [1.82, 2.24) is 10.2 Å². The molecule has 0 aliphatic carbocycles. The van der Waals surface area contributed by atoms with Gasteiger partial charge in [-0.2, -0.15) is 0 Å². The van der Waals surface area contributed by atoms with Crippen LogP contribution in [0.4, 0.5) is 0 Å². The molecule has 3 nitrogen and oxygen atoms in total. The second-order valence-electron chi connectivity index (χ2n) is 3.12. The van der Waals surface area contributed by atoms with Crippen molar-refractivity contribution in [3.05, 3.63) is 0 Å². The molecule has 0 aromatic carbocycles. The molecule has 1 N–H and O–H groups in total. The topological polar surface area (TPSA) is 24.5 Å². The largest absolute Gasteiger partial charge is 0.385 e. The van der Waals surface area contributed by atoms with E-state index in [4.69, 9.17) is 4.74 Å². The monoisotopic (exact) mass is 158 g/mol. The molecule has 0 aromatic heterocycles. The smallest absolute Gasteiger partial charge is 0.0477 e. The van der Waals surface area contributed by atoms with Crippen LogP contribution in [-0.4, -0.2) is 51.3 Å². The van der Waals surface area contributed by atoms with Crippen molar-refractivity contribution in [2.24, 2.45) is 0 Å². The van der Waals surface area contributed by atoms with Gasteiger partial charge in [-0.1, -0.05) is 0 Å². The molecule has 0 amide bonds. The van der Waals surface area contributed by atoms with Gasteiger partial charge in [0.05, 0.1) is 0 Å². The minimum atomic E-state index is 0.670. The minimum Gasteiger partial charge on any atom is -0.385 e. The first-order valence-corrected chi connectivity index (χ1v) is 4.24. The molecule has 1 rings (SSSR count). The maximum atomic E-state index is 5.04. The molecule has 0 saturated carbocycles. The van der Waals surface area contributed by atoms with Gasteiger partial charge in [0.1, 0.15) is 0 Å². The quantitative estimate of drug-likeness (QED) is 0.622. The van der Waals surface area contributed by atoms with Crippen molar-refractivity contribution < 1.29 is 4.74 Å². The maximum absolute atomic E-state index is 5.04. The summed E-state index contributed by atoms with van der Waals surface area (Å²) in [5.41, 5.74) is 0. The van der Waals surface area contributed by atoms with E-state index in [2.05, 4.69) is 17.3 Å². The van der Waals surface area contributed by atoms with Crippen LogP contribution in [0.15, 0.2) is 0 Å². The van der Waals surface area contributed by atoms with Crippen LogP contribution in [0.5, 0.6) is 0 Å². The van der Waals surface area contributed by atoms with Gasteiger partial charge in [-0.15, -0.1) is 0 Å². The highest BCUT2D eigenvalue weighted by atomic mass is 16.5. The predicted octanol–water partition coefficient (Wildman–Crippen LogP) is -0.0735. The Morgan fingerprint density at radius 3 is 3.09 bits per heavy atom. The second-order valence-corrected chi connectivity index (χ2v) is 3.12.